The van der Waals surface area contributed by atoms with Crippen LogP contribution in [0.3, 0.4) is 0 Å². The van der Waals surface area contributed by atoms with Gasteiger partial charge < -0.3 is 20.1 Å². The molecule has 0 atom stereocenters. The van der Waals surface area contributed by atoms with E-state index < -0.39 is 0 Å². The predicted molar refractivity (Wildman–Crippen MR) is 106 cm³/mol. The summed E-state index contributed by atoms with van der Waals surface area (Å²) in [5.41, 5.74) is 1.66. The Bertz CT molecular complexity index is 963. The molecular formula is C20H18ClN3O3. The van der Waals surface area contributed by atoms with Crippen LogP contribution in [0.4, 0.5) is 17.2 Å². The summed E-state index contributed by atoms with van der Waals surface area (Å²) in [6.07, 6.45) is 1.55. The highest BCUT2D eigenvalue weighted by molar-refractivity contribution is 6.33. The van der Waals surface area contributed by atoms with E-state index in [1.54, 1.807) is 75.0 Å². The number of nitrogens with zero attached hydrogens (tertiary/aromatic N) is 1. The third kappa shape index (κ3) is 4.48. The van der Waals surface area contributed by atoms with Crippen LogP contribution in [-0.4, -0.2) is 25.1 Å². The molecule has 0 saturated carbocycles. The molecule has 0 aliphatic rings. The van der Waals surface area contributed by atoms with Crippen LogP contribution in [0, 0.1) is 0 Å². The van der Waals surface area contributed by atoms with E-state index in [1.807, 2.05) is 0 Å². The summed E-state index contributed by atoms with van der Waals surface area (Å²) in [4.78, 5) is 16.8. The summed E-state index contributed by atoms with van der Waals surface area (Å²) < 4.78 is 10.6. The van der Waals surface area contributed by atoms with Crippen molar-refractivity contribution in [3.8, 4) is 11.5 Å². The van der Waals surface area contributed by atoms with Crippen molar-refractivity contribution in [1.82, 2.24) is 4.98 Å². The Morgan fingerprint density at radius 3 is 2.56 bits per heavy atom. The van der Waals surface area contributed by atoms with Gasteiger partial charge in [0.2, 0.25) is 0 Å². The van der Waals surface area contributed by atoms with E-state index in [0.717, 1.165) is 0 Å². The fraction of sp³-hybridized carbons (Fsp3) is 0.100. The molecule has 6 nitrogen and oxygen atoms in total. The zero-order valence-corrected chi connectivity index (χ0v) is 15.6. The van der Waals surface area contributed by atoms with Gasteiger partial charge in [0.15, 0.2) is 0 Å². The van der Waals surface area contributed by atoms with Gasteiger partial charge in [-0.3, -0.25) is 4.79 Å². The average molecular weight is 384 g/mol. The molecule has 1 aromatic heterocycles. The van der Waals surface area contributed by atoms with Gasteiger partial charge in [-0.2, -0.15) is 0 Å². The normalized spacial score (nSPS) is 10.2. The molecule has 27 heavy (non-hydrogen) atoms. The van der Waals surface area contributed by atoms with E-state index in [1.165, 1.54) is 0 Å². The standard InChI is InChI=1S/C20H18ClN3O3/c1-26-14-7-8-18(27-2)17(12-14)23-19-11-13(9-10-22-19)20(25)24-16-6-4-3-5-15(16)21/h3-12H,1-2H3,(H,22,23)(H,24,25). The Labute approximate surface area is 162 Å². The second-order valence-corrected chi connectivity index (χ2v) is 5.96. The van der Waals surface area contributed by atoms with Gasteiger partial charge in [0.05, 0.1) is 30.6 Å². The third-order valence-electron chi connectivity index (χ3n) is 3.81. The number of ether oxygens (including phenoxy) is 2. The molecule has 0 spiro atoms. The van der Waals surface area contributed by atoms with Gasteiger partial charge >= 0.3 is 0 Å². The molecule has 1 amide bonds. The van der Waals surface area contributed by atoms with Crippen LogP contribution in [0.5, 0.6) is 11.5 Å². The van der Waals surface area contributed by atoms with Crippen LogP contribution < -0.4 is 20.1 Å². The number of benzene rings is 2. The number of methoxy groups -OCH3 is 2. The minimum atomic E-state index is -0.286. The molecule has 0 unspecified atom stereocenters. The predicted octanol–water partition coefficient (Wildman–Crippen LogP) is 4.75. The number of para-hydroxylation sites is 1. The fourth-order valence-electron chi connectivity index (χ4n) is 2.45. The molecule has 0 aliphatic carbocycles. The van der Waals surface area contributed by atoms with E-state index in [0.29, 0.717) is 39.3 Å². The van der Waals surface area contributed by atoms with Crippen LogP contribution in [0.25, 0.3) is 0 Å². The number of rotatable bonds is 6. The van der Waals surface area contributed by atoms with E-state index in [4.69, 9.17) is 21.1 Å². The summed E-state index contributed by atoms with van der Waals surface area (Å²) in [7, 11) is 3.16. The molecule has 3 aromatic rings. The van der Waals surface area contributed by atoms with Crippen LogP contribution in [0.15, 0.2) is 60.8 Å². The zero-order valence-electron chi connectivity index (χ0n) is 14.8. The first-order valence-corrected chi connectivity index (χ1v) is 8.49. The molecule has 0 aliphatic heterocycles. The van der Waals surface area contributed by atoms with Gasteiger partial charge in [-0.05, 0) is 36.4 Å². The van der Waals surface area contributed by atoms with Crippen molar-refractivity contribution in [2.24, 2.45) is 0 Å². The summed E-state index contributed by atoms with van der Waals surface area (Å²) in [6, 6.07) is 15.7. The lowest BCUT2D eigenvalue weighted by atomic mass is 10.2. The fourth-order valence-corrected chi connectivity index (χ4v) is 2.63. The molecule has 2 aromatic carbocycles. The van der Waals surface area contributed by atoms with Crippen molar-refractivity contribution in [3.05, 3.63) is 71.4 Å². The van der Waals surface area contributed by atoms with Crippen molar-refractivity contribution in [2.45, 2.75) is 0 Å². The number of carbonyl (C=O) groups is 1. The number of hydrogen-bond acceptors (Lipinski definition) is 5. The molecule has 0 saturated heterocycles. The Morgan fingerprint density at radius 1 is 1.00 bits per heavy atom. The van der Waals surface area contributed by atoms with Crippen LogP contribution >= 0.6 is 11.6 Å². The third-order valence-corrected chi connectivity index (χ3v) is 4.14. The second-order valence-electron chi connectivity index (χ2n) is 5.55. The number of pyridine rings is 1. The quantitative estimate of drug-likeness (QED) is 0.642. The monoisotopic (exact) mass is 383 g/mol. The number of halogens is 1. The van der Waals surface area contributed by atoms with Crippen molar-refractivity contribution in [1.29, 1.82) is 0 Å². The van der Waals surface area contributed by atoms with E-state index in [-0.39, 0.29) is 5.91 Å². The highest BCUT2D eigenvalue weighted by Gasteiger charge is 2.11. The lowest BCUT2D eigenvalue weighted by Crippen LogP contribution is -2.12. The number of aromatic nitrogens is 1. The van der Waals surface area contributed by atoms with E-state index in [2.05, 4.69) is 15.6 Å². The maximum Gasteiger partial charge on any atom is 0.255 e. The smallest absolute Gasteiger partial charge is 0.255 e. The molecule has 3 rings (SSSR count). The van der Waals surface area contributed by atoms with E-state index >= 15 is 0 Å². The summed E-state index contributed by atoms with van der Waals surface area (Å²) >= 11 is 6.09. The van der Waals surface area contributed by atoms with Crippen LogP contribution in [-0.2, 0) is 0 Å². The molecule has 7 heteroatoms. The minimum absolute atomic E-state index is 0.286. The number of hydrogen-bond donors (Lipinski definition) is 2. The van der Waals surface area contributed by atoms with Crippen molar-refractivity contribution >= 4 is 34.7 Å². The molecule has 0 radical (unpaired) electrons. The second kappa shape index (κ2) is 8.42. The van der Waals surface area contributed by atoms with Gasteiger partial charge in [-0.15, -0.1) is 0 Å². The molecule has 0 bridgehead atoms. The number of carbonyl (C=O) groups excluding carboxylic acids is 1. The van der Waals surface area contributed by atoms with E-state index in [9.17, 15) is 4.79 Å². The first-order valence-electron chi connectivity index (χ1n) is 8.11. The van der Waals surface area contributed by atoms with Crippen molar-refractivity contribution < 1.29 is 14.3 Å². The van der Waals surface area contributed by atoms with Crippen molar-refractivity contribution in [2.75, 3.05) is 24.9 Å². The topological polar surface area (TPSA) is 72.5 Å². The molecular weight excluding hydrogens is 366 g/mol. The lowest BCUT2D eigenvalue weighted by molar-refractivity contribution is 0.102. The first-order chi connectivity index (χ1) is 13.1. The molecule has 138 valence electrons. The Balaban J connectivity index is 1.82. The molecule has 0 fully saturated rings. The summed E-state index contributed by atoms with van der Waals surface area (Å²) in [5, 5.41) is 6.41. The number of nitrogens with one attached hydrogen (secondary N) is 2. The minimum Gasteiger partial charge on any atom is -0.497 e. The Morgan fingerprint density at radius 2 is 1.81 bits per heavy atom. The summed E-state index contributed by atoms with van der Waals surface area (Å²) in [6.45, 7) is 0. The van der Waals surface area contributed by atoms with Crippen LogP contribution in [0.2, 0.25) is 5.02 Å². The number of anilines is 3. The maximum absolute atomic E-state index is 12.5. The molecule has 2 N–H and O–H groups in total. The molecule has 1 heterocycles. The Hall–Kier alpha value is -3.25. The van der Waals surface area contributed by atoms with Crippen molar-refractivity contribution in [3.63, 3.8) is 0 Å². The lowest BCUT2D eigenvalue weighted by Gasteiger charge is -2.13. The first kappa shape index (κ1) is 18.5. The van der Waals surface area contributed by atoms with Gasteiger partial charge in [-0.25, -0.2) is 4.98 Å². The largest absolute Gasteiger partial charge is 0.497 e. The average Bonchev–Trinajstić information content (AvgIpc) is 2.70. The summed E-state index contributed by atoms with van der Waals surface area (Å²) in [5.74, 6) is 1.51. The zero-order chi connectivity index (χ0) is 19.2. The number of amides is 1. The van der Waals surface area contributed by atoms with Gasteiger partial charge in [0.1, 0.15) is 17.3 Å². The van der Waals surface area contributed by atoms with Crippen LogP contribution in [0.1, 0.15) is 10.4 Å². The van der Waals surface area contributed by atoms with Gasteiger partial charge in [0, 0.05) is 17.8 Å². The van der Waals surface area contributed by atoms with Gasteiger partial charge in [0.25, 0.3) is 5.91 Å². The SMILES string of the molecule is COc1ccc(OC)c(Nc2cc(C(=O)Nc3ccccc3Cl)ccn2)c1. The maximum atomic E-state index is 12.5. The highest BCUT2D eigenvalue weighted by Crippen LogP contribution is 2.31. The highest BCUT2D eigenvalue weighted by atomic mass is 35.5. The van der Waals surface area contributed by atoms with Gasteiger partial charge in [-0.1, -0.05) is 23.7 Å². The Kier molecular flexibility index (Phi) is 5.78.